The van der Waals surface area contributed by atoms with E-state index in [4.69, 9.17) is 0 Å². The molecule has 0 aliphatic carbocycles. The molecule has 1 amide bonds. The summed E-state index contributed by atoms with van der Waals surface area (Å²) < 4.78 is 0. The first-order valence-electron chi connectivity index (χ1n) is 9.06. The highest BCUT2D eigenvalue weighted by Crippen LogP contribution is 2.24. The highest BCUT2D eigenvalue weighted by molar-refractivity contribution is 5.93. The minimum absolute atomic E-state index is 0.0207. The summed E-state index contributed by atoms with van der Waals surface area (Å²) in [6, 6.07) is 10.1. The van der Waals surface area contributed by atoms with Crippen LogP contribution in [0.1, 0.15) is 49.7 Å². The number of aromatic nitrogens is 2. The Morgan fingerprint density at radius 1 is 1.04 bits per heavy atom. The number of carbonyl (C=O) groups is 1. The zero-order chi connectivity index (χ0) is 18.2. The molecule has 134 valence electrons. The van der Waals surface area contributed by atoms with Crippen molar-refractivity contribution in [2.24, 2.45) is 0 Å². The van der Waals surface area contributed by atoms with Crippen molar-refractivity contribution in [3.63, 3.8) is 0 Å². The lowest BCUT2D eigenvalue weighted by atomic mass is 10.2. The third kappa shape index (κ3) is 4.78. The molecule has 0 unspecified atom stereocenters. The van der Waals surface area contributed by atoms with Gasteiger partial charge in [-0.3, -0.25) is 4.79 Å². The second-order valence-electron chi connectivity index (χ2n) is 6.14. The summed E-state index contributed by atoms with van der Waals surface area (Å²) in [5.41, 5.74) is 2.72. The number of hydrogen-bond acceptors (Lipinski definition) is 4. The van der Waals surface area contributed by atoms with Gasteiger partial charge in [-0.25, -0.2) is 9.97 Å². The van der Waals surface area contributed by atoms with E-state index in [0.717, 1.165) is 44.0 Å². The van der Waals surface area contributed by atoms with Gasteiger partial charge in [0.2, 0.25) is 0 Å². The molecule has 1 aromatic heterocycles. The molecule has 0 bridgehead atoms. The predicted octanol–water partition coefficient (Wildman–Crippen LogP) is 4.21. The van der Waals surface area contributed by atoms with Crippen LogP contribution in [0.4, 0.5) is 11.5 Å². The first kappa shape index (κ1) is 18.9. The fourth-order valence-corrected chi connectivity index (χ4v) is 2.90. The van der Waals surface area contributed by atoms with Crippen LogP contribution in [0.2, 0.25) is 0 Å². The molecule has 0 radical (unpaired) electrons. The number of carbonyl (C=O) groups excluding carboxylic acids is 1. The van der Waals surface area contributed by atoms with Crippen molar-refractivity contribution in [2.75, 3.05) is 24.5 Å². The first-order chi connectivity index (χ1) is 12.1. The van der Waals surface area contributed by atoms with E-state index in [2.05, 4.69) is 60.8 Å². The van der Waals surface area contributed by atoms with Crippen LogP contribution in [0.3, 0.4) is 0 Å². The van der Waals surface area contributed by atoms with Crippen LogP contribution in [0.15, 0.2) is 36.7 Å². The number of hydrogen-bond donors (Lipinski definition) is 0. The third-order valence-corrected chi connectivity index (χ3v) is 4.05. The summed E-state index contributed by atoms with van der Waals surface area (Å²) in [6.07, 6.45) is 3.36. The van der Waals surface area contributed by atoms with Gasteiger partial charge in [-0.05, 0) is 44.4 Å². The molecule has 5 heteroatoms. The highest BCUT2D eigenvalue weighted by Gasteiger charge is 2.18. The number of amides is 1. The van der Waals surface area contributed by atoms with Crippen LogP contribution < -0.4 is 4.90 Å². The molecule has 0 N–H and O–H groups in total. The molecule has 25 heavy (non-hydrogen) atoms. The molecular weight excluding hydrogens is 312 g/mol. The largest absolute Gasteiger partial charge is 0.337 e. The van der Waals surface area contributed by atoms with Crippen LogP contribution in [-0.2, 0) is 0 Å². The van der Waals surface area contributed by atoms with E-state index in [1.807, 2.05) is 11.0 Å². The van der Waals surface area contributed by atoms with E-state index < -0.39 is 0 Å². The smallest absolute Gasteiger partial charge is 0.272 e. The predicted molar refractivity (Wildman–Crippen MR) is 102 cm³/mol. The van der Waals surface area contributed by atoms with Gasteiger partial charge in [-0.1, -0.05) is 26.0 Å². The monoisotopic (exact) mass is 340 g/mol. The van der Waals surface area contributed by atoms with Crippen molar-refractivity contribution in [1.82, 2.24) is 14.9 Å². The topological polar surface area (TPSA) is 49.3 Å². The molecule has 0 atom stereocenters. The van der Waals surface area contributed by atoms with Gasteiger partial charge < -0.3 is 9.80 Å². The Hall–Kier alpha value is -2.43. The van der Waals surface area contributed by atoms with E-state index in [-0.39, 0.29) is 5.91 Å². The first-order valence-corrected chi connectivity index (χ1v) is 9.06. The van der Waals surface area contributed by atoms with E-state index in [1.54, 1.807) is 6.07 Å². The molecule has 2 aromatic rings. The number of anilines is 2. The number of benzene rings is 1. The molecule has 2 rings (SSSR count). The van der Waals surface area contributed by atoms with Crippen molar-refractivity contribution in [3.8, 4) is 0 Å². The summed E-state index contributed by atoms with van der Waals surface area (Å²) in [6.45, 7) is 10.6. The van der Waals surface area contributed by atoms with Gasteiger partial charge in [0, 0.05) is 31.4 Å². The molecule has 0 spiro atoms. The van der Waals surface area contributed by atoms with Crippen LogP contribution in [0.5, 0.6) is 0 Å². The summed E-state index contributed by atoms with van der Waals surface area (Å²) >= 11 is 0. The second kappa shape index (κ2) is 9.16. The Bertz CT molecular complexity index is 696. The molecule has 1 aromatic carbocycles. The fraction of sp³-hybridized carbons (Fsp3) is 0.450. The molecular formula is C20H28N4O. The summed E-state index contributed by atoms with van der Waals surface area (Å²) in [5, 5.41) is 0. The van der Waals surface area contributed by atoms with Crippen LogP contribution in [-0.4, -0.2) is 40.4 Å². The lowest BCUT2D eigenvalue weighted by molar-refractivity contribution is 0.0749. The zero-order valence-corrected chi connectivity index (χ0v) is 15.7. The number of nitrogens with zero attached hydrogens (tertiary/aromatic N) is 4. The van der Waals surface area contributed by atoms with Gasteiger partial charge >= 0.3 is 0 Å². The van der Waals surface area contributed by atoms with Crippen molar-refractivity contribution < 1.29 is 4.79 Å². The quantitative estimate of drug-likeness (QED) is 0.722. The van der Waals surface area contributed by atoms with Crippen molar-refractivity contribution >= 4 is 17.4 Å². The van der Waals surface area contributed by atoms with Gasteiger partial charge in [-0.15, -0.1) is 0 Å². The molecule has 0 fully saturated rings. The molecule has 0 aliphatic rings. The highest BCUT2D eigenvalue weighted by atomic mass is 16.2. The van der Waals surface area contributed by atoms with E-state index in [9.17, 15) is 4.79 Å². The summed E-state index contributed by atoms with van der Waals surface area (Å²) in [7, 11) is 0. The second-order valence-corrected chi connectivity index (χ2v) is 6.14. The minimum Gasteiger partial charge on any atom is -0.337 e. The Labute approximate surface area is 150 Å². The fourth-order valence-electron chi connectivity index (χ4n) is 2.90. The Morgan fingerprint density at radius 2 is 1.76 bits per heavy atom. The zero-order valence-electron chi connectivity index (χ0n) is 15.7. The lowest BCUT2D eigenvalue weighted by Crippen LogP contribution is -2.33. The number of aryl methyl sites for hydroxylation is 1. The van der Waals surface area contributed by atoms with E-state index >= 15 is 0 Å². The Balaban J connectivity index is 2.31. The standard InChI is InChI=1S/C20H28N4O/c1-5-11-23(12-6-2)20(25)18-14-19(22-15-21-18)24(7-3)17-10-8-9-16(4)13-17/h8-10,13-15H,5-7,11-12H2,1-4H3. The van der Waals surface area contributed by atoms with E-state index in [1.165, 1.54) is 11.9 Å². The summed E-state index contributed by atoms with van der Waals surface area (Å²) in [4.78, 5) is 25.4. The molecule has 0 saturated heterocycles. The van der Waals surface area contributed by atoms with Gasteiger partial charge in [0.25, 0.3) is 5.91 Å². The normalized spacial score (nSPS) is 10.6. The molecule has 0 saturated carbocycles. The molecule has 0 aliphatic heterocycles. The summed E-state index contributed by atoms with van der Waals surface area (Å²) in [5.74, 6) is 0.729. The van der Waals surface area contributed by atoms with Crippen molar-refractivity contribution in [2.45, 2.75) is 40.5 Å². The molecule has 5 nitrogen and oxygen atoms in total. The Morgan fingerprint density at radius 3 is 2.36 bits per heavy atom. The van der Waals surface area contributed by atoms with Gasteiger partial charge in [-0.2, -0.15) is 0 Å². The SMILES string of the molecule is CCCN(CCC)C(=O)c1cc(N(CC)c2cccc(C)c2)ncn1. The average molecular weight is 340 g/mol. The van der Waals surface area contributed by atoms with Gasteiger partial charge in [0.1, 0.15) is 17.8 Å². The van der Waals surface area contributed by atoms with Gasteiger partial charge in [0.05, 0.1) is 0 Å². The van der Waals surface area contributed by atoms with E-state index in [0.29, 0.717) is 5.69 Å². The minimum atomic E-state index is -0.0207. The maximum absolute atomic E-state index is 12.8. The van der Waals surface area contributed by atoms with Crippen LogP contribution in [0, 0.1) is 6.92 Å². The molecule has 1 heterocycles. The van der Waals surface area contributed by atoms with Crippen molar-refractivity contribution in [1.29, 1.82) is 0 Å². The Kier molecular flexibility index (Phi) is 6.92. The maximum Gasteiger partial charge on any atom is 0.272 e. The number of rotatable bonds is 8. The third-order valence-electron chi connectivity index (χ3n) is 4.05. The van der Waals surface area contributed by atoms with Crippen LogP contribution >= 0.6 is 0 Å². The lowest BCUT2D eigenvalue weighted by Gasteiger charge is -2.24. The average Bonchev–Trinajstić information content (AvgIpc) is 2.62. The maximum atomic E-state index is 12.8. The van der Waals surface area contributed by atoms with Crippen molar-refractivity contribution in [3.05, 3.63) is 47.9 Å². The van der Waals surface area contributed by atoms with Gasteiger partial charge in [0.15, 0.2) is 0 Å². The van der Waals surface area contributed by atoms with Crippen LogP contribution in [0.25, 0.3) is 0 Å².